The van der Waals surface area contributed by atoms with Gasteiger partial charge in [0.25, 0.3) is 5.91 Å². The molecule has 6 rings (SSSR count). The number of hydrazone groups is 1. The molecule has 2 atom stereocenters. The van der Waals surface area contributed by atoms with Crippen molar-refractivity contribution in [2.24, 2.45) is 5.10 Å². The van der Waals surface area contributed by atoms with Gasteiger partial charge in [0.2, 0.25) is 0 Å². The van der Waals surface area contributed by atoms with Gasteiger partial charge >= 0.3 is 5.72 Å². The van der Waals surface area contributed by atoms with Gasteiger partial charge in [-0.2, -0.15) is 5.10 Å². The van der Waals surface area contributed by atoms with Gasteiger partial charge in [-0.05, 0) is 47.9 Å². The summed E-state index contributed by atoms with van der Waals surface area (Å²) < 4.78 is 6.52. The third kappa shape index (κ3) is 2.56. The summed E-state index contributed by atoms with van der Waals surface area (Å²) >= 11 is 6.33. The van der Waals surface area contributed by atoms with Crippen LogP contribution in [0.25, 0.3) is 0 Å². The molecule has 3 aliphatic rings. The fourth-order valence-electron chi connectivity index (χ4n) is 4.79. The Morgan fingerprint density at radius 3 is 2.81 bits per heavy atom. The Bertz CT molecular complexity index is 1260. The highest BCUT2D eigenvalue weighted by Crippen LogP contribution is 2.54. The molecule has 0 aromatic heterocycles. The lowest BCUT2D eigenvalue weighted by Gasteiger charge is -2.44. The van der Waals surface area contributed by atoms with Crippen molar-refractivity contribution in [2.75, 3.05) is 5.32 Å². The van der Waals surface area contributed by atoms with Gasteiger partial charge in [0.15, 0.2) is 0 Å². The van der Waals surface area contributed by atoms with Gasteiger partial charge in [-0.25, -0.2) is 5.01 Å². The van der Waals surface area contributed by atoms with E-state index in [9.17, 15) is 4.79 Å². The minimum Gasteiger partial charge on any atom is -0.453 e. The van der Waals surface area contributed by atoms with Gasteiger partial charge in [0.1, 0.15) is 5.75 Å². The maximum Gasteiger partial charge on any atom is 0.306 e. The van der Waals surface area contributed by atoms with E-state index in [1.807, 2.05) is 59.6 Å². The Labute approximate surface area is 185 Å². The lowest BCUT2D eigenvalue weighted by atomic mass is 9.91. The zero-order valence-corrected chi connectivity index (χ0v) is 17.7. The molecule has 3 aromatic carbocycles. The number of nitrogens with one attached hydrogen (secondary N) is 1. The number of carbonyl (C=O) groups is 1. The van der Waals surface area contributed by atoms with Crippen LogP contribution in [0.4, 0.5) is 5.69 Å². The summed E-state index contributed by atoms with van der Waals surface area (Å²) in [6, 6.07) is 21.5. The third-order valence-electron chi connectivity index (χ3n) is 6.34. The van der Waals surface area contributed by atoms with E-state index in [4.69, 9.17) is 21.4 Å². The zero-order chi connectivity index (χ0) is 21.2. The van der Waals surface area contributed by atoms with Gasteiger partial charge in [-0.3, -0.25) is 4.79 Å². The van der Waals surface area contributed by atoms with Crippen LogP contribution in [-0.2, 0) is 16.9 Å². The molecule has 1 spiro atoms. The monoisotopic (exact) mass is 429 g/mol. The number of amides is 1. The first-order valence-electron chi connectivity index (χ1n) is 10.5. The van der Waals surface area contributed by atoms with E-state index in [-0.39, 0.29) is 11.9 Å². The summed E-state index contributed by atoms with van der Waals surface area (Å²) in [6.45, 7) is 2.10. The van der Waals surface area contributed by atoms with Crippen molar-refractivity contribution < 1.29 is 9.53 Å². The molecular formula is C25H20ClN3O2. The molecule has 0 saturated heterocycles. The van der Waals surface area contributed by atoms with Crippen LogP contribution in [0.3, 0.4) is 0 Å². The number of rotatable bonds is 2. The predicted octanol–water partition coefficient (Wildman–Crippen LogP) is 5.25. The van der Waals surface area contributed by atoms with Gasteiger partial charge in [0, 0.05) is 17.0 Å². The second-order valence-electron chi connectivity index (χ2n) is 8.09. The van der Waals surface area contributed by atoms with E-state index < -0.39 is 5.72 Å². The minimum atomic E-state index is -1.34. The number of hydrogen-bond acceptors (Lipinski definition) is 4. The summed E-state index contributed by atoms with van der Waals surface area (Å²) in [5.41, 5.74) is 4.28. The summed E-state index contributed by atoms with van der Waals surface area (Å²) in [5, 5.41) is 10.5. The summed E-state index contributed by atoms with van der Waals surface area (Å²) in [7, 11) is 0. The highest BCUT2D eigenvalue weighted by molar-refractivity contribution is 6.30. The largest absolute Gasteiger partial charge is 0.453 e. The van der Waals surface area contributed by atoms with Crippen LogP contribution in [0.5, 0.6) is 5.75 Å². The fourth-order valence-corrected chi connectivity index (χ4v) is 4.97. The number of carbonyl (C=O) groups excluding carboxylic acids is 1. The fraction of sp³-hybridized carbons (Fsp3) is 0.200. The molecule has 0 saturated carbocycles. The van der Waals surface area contributed by atoms with Crippen molar-refractivity contribution in [3.8, 4) is 5.75 Å². The molecule has 0 unspecified atom stereocenters. The topological polar surface area (TPSA) is 53.9 Å². The summed E-state index contributed by atoms with van der Waals surface area (Å²) in [6.07, 6.45) is 1.53. The minimum absolute atomic E-state index is 0.153. The molecule has 0 bridgehead atoms. The number of anilines is 1. The highest BCUT2D eigenvalue weighted by Gasteiger charge is 2.61. The molecule has 5 nitrogen and oxygen atoms in total. The molecule has 0 radical (unpaired) electrons. The van der Waals surface area contributed by atoms with Crippen molar-refractivity contribution in [1.29, 1.82) is 0 Å². The quantitative estimate of drug-likeness (QED) is 0.605. The first kappa shape index (κ1) is 18.5. The van der Waals surface area contributed by atoms with Gasteiger partial charge in [-0.1, -0.05) is 54.9 Å². The van der Waals surface area contributed by atoms with Crippen molar-refractivity contribution in [3.63, 3.8) is 0 Å². The Kier molecular flexibility index (Phi) is 3.93. The van der Waals surface area contributed by atoms with E-state index >= 15 is 0 Å². The number of benzene rings is 3. The van der Waals surface area contributed by atoms with E-state index in [1.54, 1.807) is 6.07 Å². The molecule has 1 amide bonds. The lowest BCUT2D eigenvalue weighted by Crippen LogP contribution is -2.55. The van der Waals surface area contributed by atoms with Crippen LogP contribution < -0.4 is 10.1 Å². The van der Waals surface area contributed by atoms with Crippen molar-refractivity contribution in [1.82, 2.24) is 5.01 Å². The van der Waals surface area contributed by atoms with Crippen molar-refractivity contribution in [2.45, 2.75) is 31.5 Å². The number of hydrogen-bond donors (Lipinski definition) is 1. The van der Waals surface area contributed by atoms with Crippen molar-refractivity contribution in [3.05, 3.63) is 94.0 Å². The third-order valence-corrected chi connectivity index (χ3v) is 6.58. The molecular weight excluding hydrogens is 410 g/mol. The van der Waals surface area contributed by atoms with Crippen LogP contribution in [0.15, 0.2) is 71.8 Å². The summed E-state index contributed by atoms with van der Waals surface area (Å²) in [4.78, 5) is 13.5. The van der Waals surface area contributed by atoms with E-state index in [0.29, 0.717) is 17.2 Å². The van der Waals surface area contributed by atoms with Crippen LogP contribution in [0.1, 0.15) is 41.6 Å². The number of fused-ring (bicyclic) bond motifs is 6. The highest BCUT2D eigenvalue weighted by atomic mass is 35.5. The molecule has 3 aromatic rings. The number of nitrogens with zero attached hydrogens (tertiary/aromatic N) is 2. The molecule has 3 heterocycles. The van der Waals surface area contributed by atoms with Gasteiger partial charge in [-0.15, -0.1) is 0 Å². The summed E-state index contributed by atoms with van der Waals surface area (Å²) in [5.74, 6) is 0.444. The van der Waals surface area contributed by atoms with E-state index in [1.165, 1.54) is 0 Å². The number of ether oxygens (including phenoxy) is 1. The molecule has 154 valence electrons. The van der Waals surface area contributed by atoms with Gasteiger partial charge < -0.3 is 10.1 Å². The molecule has 31 heavy (non-hydrogen) atoms. The maximum absolute atomic E-state index is 13.5. The Morgan fingerprint density at radius 1 is 1.16 bits per heavy atom. The Balaban J connectivity index is 1.59. The van der Waals surface area contributed by atoms with Gasteiger partial charge in [0.05, 0.1) is 23.0 Å². The number of aryl methyl sites for hydroxylation is 1. The first-order chi connectivity index (χ1) is 15.1. The van der Waals surface area contributed by atoms with E-state index in [2.05, 4.69) is 18.3 Å². The standard InChI is InChI=1S/C25H20ClN3O2/c1-2-15-8-10-20-19(12-15)25(24(30)27-20)29-22(18-13-17(26)9-11-23(18)31-25)14-21(28-29)16-6-4-3-5-7-16/h3-13,22H,2,14H2,1H3,(H,27,30)/t22-,25-/m0/s1. The molecule has 1 N–H and O–H groups in total. The van der Waals surface area contributed by atoms with E-state index in [0.717, 1.165) is 40.1 Å². The molecule has 3 aliphatic heterocycles. The van der Waals surface area contributed by atoms with Crippen LogP contribution in [0, 0.1) is 0 Å². The second-order valence-corrected chi connectivity index (χ2v) is 8.53. The first-order valence-corrected chi connectivity index (χ1v) is 10.8. The zero-order valence-electron chi connectivity index (χ0n) is 16.9. The Morgan fingerprint density at radius 2 is 2.00 bits per heavy atom. The van der Waals surface area contributed by atoms with Crippen molar-refractivity contribution >= 4 is 28.9 Å². The number of halogens is 1. The molecule has 0 fully saturated rings. The van der Waals surface area contributed by atoms with Crippen LogP contribution in [0.2, 0.25) is 5.02 Å². The second kappa shape index (κ2) is 6.59. The predicted molar refractivity (Wildman–Crippen MR) is 120 cm³/mol. The molecule has 0 aliphatic carbocycles. The SMILES string of the molecule is CCc1ccc2c(c1)[C@]1(Oc3ccc(Cl)cc3[C@@H]3CC(c4ccccc4)=NN31)C(=O)N2. The average molecular weight is 430 g/mol. The lowest BCUT2D eigenvalue weighted by molar-refractivity contribution is -0.161. The maximum atomic E-state index is 13.5. The Hall–Kier alpha value is -3.31. The van der Waals surface area contributed by atoms with Crippen LogP contribution in [-0.4, -0.2) is 16.6 Å². The smallest absolute Gasteiger partial charge is 0.306 e. The average Bonchev–Trinajstić information content (AvgIpc) is 3.36. The normalized spacial score (nSPS) is 23.0. The van der Waals surface area contributed by atoms with Crippen LogP contribution >= 0.6 is 11.6 Å². The molecule has 6 heteroatoms.